The number of benzene rings is 2. The van der Waals surface area contributed by atoms with Crippen molar-refractivity contribution < 1.29 is 9.21 Å². The molecule has 2 heterocycles. The van der Waals surface area contributed by atoms with Gasteiger partial charge < -0.3 is 14.7 Å². The summed E-state index contributed by atoms with van der Waals surface area (Å²) in [6.07, 6.45) is 2.17. The van der Waals surface area contributed by atoms with Gasteiger partial charge in [0.25, 0.3) is 0 Å². The molecule has 130 valence electrons. The number of amides is 1. The molecule has 2 aromatic heterocycles. The van der Waals surface area contributed by atoms with Crippen molar-refractivity contribution in [2.24, 2.45) is 0 Å². The van der Waals surface area contributed by atoms with Gasteiger partial charge in [-0.25, -0.2) is 0 Å². The summed E-state index contributed by atoms with van der Waals surface area (Å²) in [6.45, 7) is 3.78. The maximum atomic E-state index is 12.6. The van der Waals surface area contributed by atoms with E-state index in [9.17, 15) is 4.79 Å². The minimum Gasteiger partial charge on any atom is -0.421 e. The minimum absolute atomic E-state index is 0.0992. The van der Waals surface area contributed by atoms with E-state index in [-0.39, 0.29) is 12.3 Å². The zero-order valence-electron chi connectivity index (χ0n) is 14.5. The van der Waals surface area contributed by atoms with Crippen molar-refractivity contribution in [2.45, 2.75) is 20.3 Å². The van der Waals surface area contributed by atoms with E-state index >= 15 is 0 Å². The smallest absolute Gasteiger partial charge is 0.249 e. The molecule has 0 fully saturated rings. The summed E-state index contributed by atoms with van der Waals surface area (Å²) in [7, 11) is 0. The van der Waals surface area contributed by atoms with Gasteiger partial charge in [0.05, 0.1) is 17.7 Å². The molecule has 4 rings (SSSR count). The van der Waals surface area contributed by atoms with Crippen LogP contribution in [-0.2, 0) is 11.2 Å². The first-order valence-corrected chi connectivity index (χ1v) is 8.37. The Bertz CT molecular complexity index is 1090. The van der Waals surface area contributed by atoms with Gasteiger partial charge in [-0.1, -0.05) is 24.3 Å². The summed E-state index contributed by atoms with van der Waals surface area (Å²) in [5, 5.41) is 12.0. The number of nitrogens with one attached hydrogen (secondary N) is 2. The van der Waals surface area contributed by atoms with E-state index in [0.29, 0.717) is 23.0 Å². The fourth-order valence-electron chi connectivity index (χ4n) is 3.14. The van der Waals surface area contributed by atoms with E-state index in [4.69, 9.17) is 4.42 Å². The van der Waals surface area contributed by atoms with Crippen molar-refractivity contribution in [3.63, 3.8) is 0 Å². The number of aromatic amines is 1. The monoisotopic (exact) mass is 346 g/mol. The van der Waals surface area contributed by atoms with Crippen LogP contribution in [-0.4, -0.2) is 21.1 Å². The van der Waals surface area contributed by atoms with Crippen LogP contribution >= 0.6 is 0 Å². The number of rotatable bonds is 4. The Hall–Kier alpha value is -3.41. The van der Waals surface area contributed by atoms with Crippen LogP contribution in [0.3, 0.4) is 0 Å². The van der Waals surface area contributed by atoms with Gasteiger partial charge in [0.15, 0.2) is 0 Å². The molecule has 0 bridgehead atoms. The first-order chi connectivity index (χ1) is 12.6. The molecule has 0 aliphatic rings. The van der Waals surface area contributed by atoms with Gasteiger partial charge in [-0.15, -0.1) is 10.2 Å². The zero-order chi connectivity index (χ0) is 18.1. The average Bonchev–Trinajstić information content (AvgIpc) is 3.23. The van der Waals surface area contributed by atoms with E-state index in [1.807, 2.05) is 55.6 Å². The summed E-state index contributed by atoms with van der Waals surface area (Å²) >= 11 is 0. The Morgan fingerprint density at radius 3 is 2.77 bits per heavy atom. The van der Waals surface area contributed by atoms with Gasteiger partial charge in [-0.05, 0) is 36.2 Å². The van der Waals surface area contributed by atoms with Crippen LogP contribution in [0.1, 0.15) is 17.0 Å². The Labute approximate surface area is 150 Å². The fraction of sp³-hybridized carbons (Fsp3) is 0.150. The average molecular weight is 346 g/mol. The highest BCUT2D eigenvalue weighted by atomic mass is 16.4. The van der Waals surface area contributed by atoms with Gasteiger partial charge in [0.1, 0.15) is 0 Å². The maximum absolute atomic E-state index is 12.6. The predicted molar refractivity (Wildman–Crippen MR) is 99.8 cm³/mol. The van der Waals surface area contributed by atoms with Crippen LogP contribution in [0.2, 0.25) is 0 Å². The highest BCUT2D eigenvalue weighted by molar-refractivity contribution is 5.98. The van der Waals surface area contributed by atoms with Crippen molar-refractivity contribution in [3.8, 4) is 11.5 Å². The third-order valence-corrected chi connectivity index (χ3v) is 4.30. The van der Waals surface area contributed by atoms with Crippen LogP contribution in [0.15, 0.2) is 53.1 Å². The van der Waals surface area contributed by atoms with Gasteiger partial charge >= 0.3 is 0 Å². The molecule has 0 spiro atoms. The number of fused-ring (bicyclic) bond motifs is 1. The molecule has 2 aromatic carbocycles. The number of hydrogen-bond donors (Lipinski definition) is 2. The molecule has 6 nitrogen and oxygen atoms in total. The second-order valence-corrected chi connectivity index (χ2v) is 6.21. The van der Waals surface area contributed by atoms with Gasteiger partial charge in [0.2, 0.25) is 17.7 Å². The molecule has 26 heavy (non-hydrogen) atoms. The lowest BCUT2D eigenvalue weighted by Gasteiger charge is -2.09. The Morgan fingerprint density at radius 1 is 1.12 bits per heavy atom. The molecule has 0 saturated carbocycles. The molecule has 0 unspecified atom stereocenters. The van der Waals surface area contributed by atoms with E-state index in [1.54, 1.807) is 6.92 Å². The molecule has 1 amide bonds. The Morgan fingerprint density at radius 2 is 1.96 bits per heavy atom. The van der Waals surface area contributed by atoms with Gasteiger partial charge in [-0.2, -0.15) is 0 Å². The summed E-state index contributed by atoms with van der Waals surface area (Å²) in [6, 6.07) is 13.5. The minimum atomic E-state index is -0.0992. The van der Waals surface area contributed by atoms with Crippen molar-refractivity contribution in [2.75, 3.05) is 5.32 Å². The zero-order valence-corrected chi connectivity index (χ0v) is 14.5. The number of hydrogen-bond acceptors (Lipinski definition) is 4. The maximum Gasteiger partial charge on any atom is 0.249 e. The summed E-state index contributed by atoms with van der Waals surface area (Å²) in [5.74, 6) is 0.773. The molecule has 4 aromatic rings. The van der Waals surface area contributed by atoms with E-state index in [0.717, 1.165) is 22.0 Å². The second kappa shape index (κ2) is 6.48. The second-order valence-electron chi connectivity index (χ2n) is 6.21. The first kappa shape index (κ1) is 16.1. The number of para-hydroxylation sites is 1. The van der Waals surface area contributed by atoms with E-state index in [1.165, 1.54) is 0 Å². The number of nitrogens with zero attached hydrogens (tertiary/aromatic N) is 2. The van der Waals surface area contributed by atoms with Crippen LogP contribution < -0.4 is 5.32 Å². The molecule has 0 saturated heterocycles. The molecule has 0 atom stereocenters. The van der Waals surface area contributed by atoms with E-state index in [2.05, 4.69) is 20.5 Å². The van der Waals surface area contributed by atoms with E-state index < -0.39 is 0 Å². The number of aryl methyl sites for hydroxylation is 2. The summed E-state index contributed by atoms with van der Waals surface area (Å²) in [4.78, 5) is 15.9. The summed E-state index contributed by atoms with van der Waals surface area (Å²) < 4.78 is 5.49. The number of H-pyrrole nitrogens is 1. The highest BCUT2D eigenvalue weighted by Crippen LogP contribution is 2.27. The highest BCUT2D eigenvalue weighted by Gasteiger charge is 2.15. The number of aromatic nitrogens is 3. The topological polar surface area (TPSA) is 83.8 Å². The SMILES string of the molecule is Cc1nnc(-c2ccccc2NC(=O)Cc2c[nH]c3cccc(C)c23)o1. The molecule has 6 heteroatoms. The fourth-order valence-corrected chi connectivity index (χ4v) is 3.14. The van der Waals surface area contributed by atoms with Crippen molar-refractivity contribution in [1.29, 1.82) is 0 Å². The summed E-state index contributed by atoms with van der Waals surface area (Å²) in [5.41, 5.74) is 4.51. The number of carbonyl (C=O) groups is 1. The van der Waals surface area contributed by atoms with Crippen molar-refractivity contribution in [1.82, 2.24) is 15.2 Å². The molecular formula is C20H18N4O2. The molecule has 2 N–H and O–H groups in total. The lowest BCUT2D eigenvalue weighted by molar-refractivity contribution is -0.115. The predicted octanol–water partition coefficient (Wildman–Crippen LogP) is 4.02. The Balaban J connectivity index is 1.59. The van der Waals surface area contributed by atoms with Crippen LogP contribution in [0, 0.1) is 13.8 Å². The van der Waals surface area contributed by atoms with Crippen LogP contribution in [0.5, 0.6) is 0 Å². The third kappa shape index (κ3) is 2.97. The number of carbonyl (C=O) groups excluding carboxylic acids is 1. The van der Waals surface area contributed by atoms with Crippen molar-refractivity contribution in [3.05, 3.63) is 65.7 Å². The Kier molecular flexibility index (Phi) is 4.01. The molecular weight excluding hydrogens is 328 g/mol. The normalized spacial score (nSPS) is 11.0. The lowest BCUT2D eigenvalue weighted by atomic mass is 10.0. The van der Waals surface area contributed by atoms with Gasteiger partial charge in [-0.3, -0.25) is 4.79 Å². The van der Waals surface area contributed by atoms with Crippen LogP contribution in [0.25, 0.3) is 22.4 Å². The van der Waals surface area contributed by atoms with Gasteiger partial charge in [0, 0.05) is 24.0 Å². The molecule has 0 aliphatic heterocycles. The van der Waals surface area contributed by atoms with Crippen LogP contribution in [0.4, 0.5) is 5.69 Å². The third-order valence-electron chi connectivity index (χ3n) is 4.30. The molecule has 0 radical (unpaired) electrons. The molecule has 0 aliphatic carbocycles. The quantitative estimate of drug-likeness (QED) is 0.585. The largest absolute Gasteiger partial charge is 0.421 e. The van der Waals surface area contributed by atoms with Crippen molar-refractivity contribution >= 4 is 22.5 Å². The standard InChI is InChI=1S/C20H18N4O2/c1-12-6-5-9-17-19(12)14(11-21-17)10-18(25)22-16-8-4-3-7-15(16)20-24-23-13(2)26-20/h3-9,11,21H,10H2,1-2H3,(H,22,25). The number of anilines is 1. The first-order valence-electron chi connectivity index (χ1n) is 8.37. The lowest BCUT2D eigenvalue weighted by Crippen LogP contribution is -2.15.